The highest BCUT2D eigenvalue weighted by atomic mass is 16.5. The average Bonchev–Trinajstić information content (AvgIpc) is 2.70. The largest absolute Gasteiger partial charge is 0.494 e. The molecule has 0 saturated heterocycles. The van der Waals surface area contributed by atoms with Gasteiger partial charge >= 0.3 is 5.97 Å². The summed E-state index contributed by atoms with van der Waals surface area (Å²) in [5.41, 5.74) is 0.759. The lowest BCUT2D eigenvalue weighted by molar-refractivity contribution is -0.148. The van der Waals surface area contributed by atoms with Crippen LogP contribution in [0.15, 0.2) is 22.6 Å². The van der Waals surface area contributed by atoms with E-state index in [1.165, 1.54) is 7.11 Å². The smallest absolute Gasteiger partial charge is 0.342 e. The van der Waals surface area contributed by atoms with Crippen molar-refractivity contribution in [3.63, 3.8) is 0 Å². The number of para-hydroxylation sites is 1. The molecule has 1 heterocycles. The number of carbonyl (C=O) groups is 1. The van der Waals surface area contributed by atoms with Crippen LogP contribution in [0.5, 0.6) is 5.75 Å². The molecule has 0 spiro atoms. The first-order valence-electron chi connectivity index (χ1n) is 4.48. The third-order valence-corrected chi connectivity index (χ3v) is 2.09. The lowest BCUT2D eigenvalue weighted by Gasteiger charge is -1.97. The number of oxazole rings is 1. The van der Waals surface area contributed by atoms with E-state index in [0.29, 0.717) is 16.8 Å². The minimum atomic E-state index is -1.77. The summed E-state index contributed by atoms with van der Waals surface area (Å²) in [5.74, 6) is -1.21. The zero-order chi connectivity index (χ0) is 11.7. The number of carboxylic acids is 1. The molecular formula is C10H9NO5. The molecule has 1 aromatic heterocycles. The van der Waals surface area contributed by atoms with Gasteiger partial charge in [0.15, 0.2) is 11.1 Å². The molecule has 1 aromatic carbocycles. The van der Waals surface area contributed by atoms with E-state index in [9.17, 15) is 9.90 Å². The van der Waals surface area contributed by atoms with E-state index in [1.807, 2.05) is 0 Å². The van der Waals surface area contributed by atoms with E-state index in [1.54, 1.807) is 18.2 Å². The molecule has 1 atom stereocenters. The van der Waals surface area contributed by atoms with Crippen molar-refractivity contribution in [2.75, 3.05) is 7.11 Å². The van der Waals surface area contributed by atoms with E-state index in [4.69, 9.17) is 14.3 Å². The summed E-state index contributed by atoms with van der Waals surface area (Å²) in [4.78, 5) is 14.4. The number of aliphatic hydroxyl groups excluding tert-OH is 1. The molecule has 0 saturated carbocycles. The SMILES string of the molecule is COc1cccc2oc(C(O)C(=O)O)nc12. The van der Waals surface area contributed by atoms with E-state index in [2.05, 4.69) is 4.98 Å². The summed E-state index contributed by atoms with van der Waals surface area (Å²) in [5, 5.41) is 17.9. The maximum absolute atomic E-state index is 10.5. The van der Waals surface area contributed by atoms with Crippen molar-refractivity contribution >= 4 is 17.1 Å². The molecule has 1 unspecified atom stereocenters. The highest BCUT2D eigenvalue weighted by Gasteiger charge is 2.23. The van der Waals surface area contributed by atoms with Gasteiger partial charge in [-0.25, -0.2) is 9.78 Å². The van der Waals surface area contributed by atoms with Crippen molar-refractivity contribution in [2.45, 2.75) is 6.10 Å². The van der Waals surface area contributed by atoms with E-state index < -0.39 is 12.1 Å². The molecule has 0 radical (unpaired) electrons. The van der Waals surface area contributed by atoms with Gasteiger partial charge in [0.1, 0.15) is 5.75 Å². The van der Waals surface area contributed by atoms with Crippen molar-refractivity contribution in [2.24, 2.45) is 0 Å². The summed E-state index contributed by atoms with van der Waals surface area (Å²) >= 11 is 0. The lowest BCUT2D eigenvalue weighted by Crippen LogP contribution is -2.10. The number of aromatic nitrogens is 1. The van der Waals surface area contributed by atoms with Crippen LogP contribution in [0.3, 0.4) is 0 Å². The Hall–Kier alpha value is -2.08. The number of carboxylic acid groups (broad SMARTS) is 1. The van der Waals surface area contributed by atoms with Gasteiger partial charge in [0.05, 0.1) is 7.11 Å². The highest BCUT2D eigenvalue weighted by molar-refractivity contribution is 5.81. The minimum Gasteiger partial charge on any atom is -0.494 e. The van der Waals surface area contributed by atoms with Crippen LogP contribution in [0.1, 0.15) is 12.0 Å². The van der Waals surface area contributed by atoms with Crippen molar-refractivity contribution in [3.05, 3.63) is 24.1 Å². The molecule has 2 rings (SSSR count). The number of hydrogen-bond acceptors (Lipinski definition) is 5. The third-order valence-electron chi connectivity index (χ3n) is 2.09. The normalized spacial score (nSPS) is 12.6. The Morgan fingerprint density at radius 3 is 2.94 bits per heavy atom. The zero-order valence-electron chi connectivity index (χ0n) is 8.38. The van der Waals surface area contributed by atoms with Gasteiger partial charge in [-0.2, -0.15) is 0 Å². The van der Waals surface area contributed by atoms with Gasteiger partial charge in [-0.05, 0) is 12.1 Å². The zero-order valence-corrected chi connectivity index (χ0v) is 8.38. The average molecular weight is 223 g/mol. The lowest BCUT2D eigenvalue weighted by atomic mass is 10.3. The van der Waals surface area contributed by atoms with Gasteiger partial charge < -0.3 is 19.4 Å². The van der Waals surface area contributed by atoms with Crippen LogP contribution in [-0.2, 0) is 4.79 Å². The second-order valence-corrected chi connectivity index (χ2v) is 3.10. The first-order chi connectivity index (χ1) is 7.63. The first kappa shape index (κ1) is 10.4. The Bertz CT molecular complexity index is 533. The molecule has 0 aliphatic carbocycles. The number of ether oxygens (including phenoxy) is 1. The number of benzene rings is 1. The fourth-order valence-electron chi connectivity index (χ4n) is 1.33. The van der Waals surface area contributed by atoms with Crippen molar-refractivity contribution < 1.29 is 24.2 Å². The summed E-state index contributed by atoms with van der Waals surface area (Å²) < 4.78 is 10.1. The molecule has 6 nitrogen and oxygen atoms in total. The number of nitrogens with zero attached hydrogens (tertiary/aromatic N) is 1. The van der Waals surface area contributed by atoms with Crippen LogP contribution >= 0.6 is 0 Å². The Kier molecular flexibility index (Phi) is 2.49. The maximum atomic E-state index is 10.5. The van der Waals surface area contributed by atoms with Crippen LogP contribution in [0.2, 0.25) is 0 Å². The second-order valence-electron chi connectivity index (χ2n) is 3.10. The molecule has 0 aliphatic heterocycles. The molecule has 16 heavy (non-hydrogen) atoms. The Balaban J connectivity index is 2.55. The number of rotatable bonds is 3. The van der Waals surface area contributed by atoms with Crippen LogP contribution in [0.25, 0.3) is 11.1 Å². The molecular weight excluding hydrogens is 214 g/mol. The van der Waals surface area contributed by atoms with Crippen molar-refractivity contribution in [3.8, 4) is 5.75 Å². The van der Waals surface area contributed by atoms with Gasteiger partial charge in [0, 0.05) is 0 Å². The number of hydrogen-bond donors (Lipinski definition) is 2. The van der Waals surface area contributed by atoms with Crippen molar-refractivity contribution in [1.82, 2.24) is 4.98 Å². The molecule has 0 aliphatic rings. The topological polar surface area (TPSA) is 92.8 Å². The Morgan fingerprint density at radius 2 is 2.31 bits per heavy atom. The Morgan fingerprint density at radius 1 is 1.56 bits per heavy atom. The van der Waals surface area contributed by atoms with Gasteiger partial charge in [0.2, 0.25) is 12.0 Å². The quantitative estimate of drug-likeness (QED) is 0.804. The molecule has 0 bridgehead atoms. The first-order valence-corrected chi connectivity index (χ1v) is 4.48. The molecule has 84 valence electrons. The van der Waals surface area contributed by atoms with Gasteiger partial charge in [-0.3, -0.25) is 0 Å². The predicted molar refractivity (Wildman–Crippen MR) is 53.2 cm³/mol. The van der Waals surface area contributed by atoms with E-state index in [-0.39, 0.29) is 5.89 Å². The van der Waals surface area contributed by atoms with E-state index >= 15 is 0 Å². The fraction of sp³-hybridized carbons (Fsp3) is 0.200. The van der Waals surface area contributed by atoms with Crippen LogP contribution in [-0.4, -0.2) is 28.3 Å². The predicted octanol–water partition coefficient (Wildman–Crippen LogP) is 0.954. The number of methoxy groups -OCH3 is 1. The summed E-state index contributed by atoms with van der Waals surface area (Å²) in [7, 11) is 1.47. The number of aliphatic hydroxyl groups is 1. The van der Waals surface area contributed by atoms with Crippen molar-refractivity contribution in [1.29, 1.82) is 0 Å². The maximum Gasteiger partial charge on any atom is 0.342 e. The fourth-order valence-corrected chi connectivity index (χ4v) is 1.33. The number of fused-ring (bicyclic) bond motifs is 1. The summed E-state index contributed by atoms with van der Waals surface area (Å²) in [6, 6.07) is 4.97. The molecule has 2 N–H and O–H groups in total. The number of aliphatic carboxylic acids is 1. The van der Waals surface area contributed by atoms with Gasteiger partial charge in [0.25, 0.3) is 0 Å². The summed E-state index contributed by atoms with van der Waals surface area (Å²) in [6.07, 6.45) is -1.77. The van der Waals surface area contributed by atoms with Gasteiger partial charge in [-0.1, -0.05) is 6.07 Å². The molecule has 6 heteroatoms. The molecule has 2 aromatic rings. The minimum absolute atomic E-state index is 0.257. The van der Waals surface area contributed by atoms with Gasteiger partial charge in [-0.15, -0.1) is 0 Å². The van der Waals surface area contributed by atoms with Crippen LogP contribution in [0, 0.1) is 0 Å². The monoisotopic (exact) mass is 223 g/mol. The van der Waals surface area contributed by atoms with Crippen LogP contribution < -0.4 is 4.74 Å². The van der Waals surface area contributed by atoms with E-state index in [0.717, 1.165) is 0 Å². The second kappa shape index (κ2) is 3.82. The Labute approximate surface area is 90.1 Å². The standard InChI is InChI=1S/C10H9NO5/c1-15-5-3-2-4-6-7(5)11-9(16-6)8(12)10(13)14/h2-4,8,12H,1H3,(H,13,14). The third kappa shape index (κ3) is 1.59. The van der Waals surface area contributed by atoms with Crippen LogP contribution in [0.4, 0.5) is 0 Å². The molecule has 0 amide bonds. The molecule has 0 fully saturated rings. The summed E-state index contributed by atoms with van der Waals surface area (Å²) in [6.45, 7) is 0. The highest BCUT2D eigenvalue weighted by Crippen LogP contribution is 2.27.